The van der Waals surface area contributed by atoms with E-state index in [9.17, 15) is 4.79 Å². The van der Waals surface area contributed by atoms with E-state index < -0.39 is 5.60 Å². The summed E-state index contributed by atoms with van der Waals surface area (Å²) in [6.45, 7) is 6.71. The number of fused-ring (bicyclic) bond motifs is 1. The van der Waals surface area contributed by atoms with E-state index in [1.807, 2.05) is 39.1 Å². The minimum Gasteiger partial charge on any atom is -0.487 e. The predicted octanol–water partition coefficient (Wildman–Crippen LogP) is 3.94. The zero-order chi connectivity index (χ0) is 20.6. The second-order valence-corrected chi connectivity index (χ2v) is 8.79. The van der Waals surface area contributed by atoms with E-state index in [1.54, 1.807) is 28.0 Å². The first kappa shape index (κ1) is 19.6. The van der Waals surface area contributed by atoms with Crippen LogP contribution >= 0.6 is 15.9 Å². The fourth-order valence-electron chi connectivity index (χ4n) is 3.11. The number of hydrogen-bond acceptors (Lipinski definition) is 6. The minimum atomic E-state index is -0.500. The van der Waals surface area contributed by atoms with Crippen LogP contribution in [0, 0.1) is 0 Å². The number of amides is 1. The van der Waals surface area contributed by atoms with Gasteiger partial charge in [0.2, 0.25) is 0 Å². The number of carbonyl (C=O) groups excluding carboxylic acids is 1. The van der Waals surface area contributed by atoms with Crippen molar-refractivity contribution in [2.45, 2.75) is 38.9 Å². The Hall–Kier alpha value is -2.68. The van der Waals surface area contributed by atoms with Gasteiger partial charge in [0.15, 0.2) is 5.65 Å². The van der Waals surface area contributed by atoms with Crippen LogP contribution in [0.4, 0.5) is 4.79 Å². The topological polar surface area (TPSA) is 81.8 Å². The number of pyridine rings is 1. The van der Waals surface area contributed by atoms with Crippen LogP contribution in [-0.4, -0.2) is 55.4 Å². The van der Waals surface area contributed by atoms with E-state index in [0.29, 0.717) is 18.8 Å². The highest BCUT2D eigenvalue weighted by atomic mass is 79.9. The molecule has 3 aromatic heterocycles. The van der Waals surface area contributed by atoms with Gasteiger partial charge in [0, 0.05) is 30.9 Å². The van der Waals surface area contributed by atoms with E-state index >= 15 is 0 Å². The summed E-state index contributed by atoms with van der Waals surface area (Å²) >= 11 is 3.42. The van der Waals surface area contributed by atoms with Crippen molar-refractivity contribution in [3.63, 3.8) is 0 Å². The Kier molecular flexibility index (Phi) is 5.16. The number of rotatable bonds is 3. The standard InChI is InChI=1S/C20H22BrN5O3/c1-20(2,3)29-19(27)25-7-6-15(12-25)28-14-4-5-17(22-9-14)13-8-23-18-16(21)10-24-26(18)11-13/h4-5,8-11,15H,6-7,12H2,1-3H3. The highest BCUT2D eigenvalue weighted by molar-refractivity contribution is 9.10. The zero-order valence-corrected chi connectivity index (χ0v) is 18.1. The molecule has 152 valence electrons. The lowest BCUT2D eigenvalue weighted by Crippen LogP contribution is -2.36. The van der Waals surface area contributed by atoms with Crippen LogP contribution in [0.3, 0.4) is 0 Å². The van der Waals surface area contributed by atoms with Gasteiger partial charge in [-0.3, -0.25) is 4.98 Å². The van der Waals surface area contributed by atoms with Crippen molar-refractivity contribution in [1.82, 2.24) is 24.5 Å². The van der Waals surface area contributed by atoms with E-state index in [0.717, 1.165) is 27.8 Å². The van der Waals surface area contributed by atoms with E-state index in [4.69, 9.17) is 9.47 Å². The van der Waals surface area contributed by atoms with Gasteiger partial charge in [-0.1, -0.05) is 0 Å². The van der Waals surface area contributed by atoms with Gasteiger partial charge < -0.3 is 14.4 Å². The SMILES string of the molecule is CC(C)(C)OC(=O)N1CCC(Oc2ccc(-c3cnc4c(Br)cnn4c3)nc2)C1. The van der Waals surface area contributed by atoms with Crippen LogP contribution in [0.1, 0.15) is 27.2 Å². The average molecular weight is 460 g/mol. The van der Waals surface area contributed by atoms with Crippen molar-refractivity contribution in [2.75, 3.05) is 13.1 Å². The first-order valence-corrected chi connectivity index (χ1v) is 10.2. The van der Waals surface area contributed by atoms with Gasteiger partial charge in [-0.15, -0.1) is 0 Å². The Morgan fingerprint density at radius 1 is 1.21 bits per heavy atom. The molecule has 1 unspecified atom stereocenters. The molecule has 0 bridgehead atoms. The van der Waals surface area contributed by atoms with E-state index in [2.05, 4.69) is 31.0 Å². The van der Waals surface area contributed by atoms with Crippen LogP contribution < -0.4 is 4.74 Å². The molecule has 0 aromatic carbocycles. The van der Waals surface area contributed by atoms with Gasteiger partial charge in [-0.05, 0) is 48.8 Å². The molecule has 0 radical (unpaired) electrons. The Balaban J connectivity index is 1.39. The lowest BCUT2D eigenvalue weighted by molar-refractivity contribution is 0.0275. The van der Waals surface area contributed by atoms with Crippen LogP contribution in [0.15, 0.2) is 41.4 Å². The summed E-state index contributed by atoms with van der Waals surface area (Å²) in [5, 5.41) is 4.25. The molecule has 4 rings (SSSR count). The van der Waals surface area contributed by atoms with Crippen molar-refractivity contribution in [2.24, 2.45) is 0 Å². The van der Waals surface area contributed by atoms with Crippen molar-refractivity contribution in [3.8, 4) is 17.0 Å². The highest BCUT2D eigenvalue weighted by Gasteiger charge is 2.30. The highest BCUT2D eigenvalue weighted by Crippen LogP contribution is 2.24. The molecule has 1 aliphatic rings. The van der Waals surface area contributed by atoms with Crippen LogP contribution in [0.2, 0.25) is 0 Å². The van der Waals surface area contributed by atoms with Gasteiger partial charge in [0.25, 0.3) is 0 Å². The van der Waals surface area contributed by atoms with E-state index in [1.165, 1.54) is 0 Å². The summed E-state index contributed by atoms with van der Waals surface area (Å²) in [5.41, 5.74) is 1.89. The quantitative estimate of drug-likeness (QED) is 0.589. The Morgan fingerprint density at radius 3 is 2.76 bits per heavy atom. The molecule has 1 amide bonds. The predicted molar refractivity (Wildman–Crippen MR) is 111 cm³/mol. The van der Waals surface area contributed by atoms with Crippen molar-refractivity contribution < 1.29 is 14.3 Å². The Labute approximate surface area is 177 Å². The van der Waals surface area contributed by atoms with Gasteiger partial charge in [-0.25, -0.2) is 14.3 Å². The summed E-state index contributed by atoms with van der Waals surface area (Å²) in [6.07, 6.45) is 7.43. The molecule has 1 atom stereocenters. The maximum atomic E-state index is 12.2. The molecule has 1 aliphatic heterocycles. The van der Waals surface area contributed by atoms with Crippen LogP contribution in [0.25, 0.3) is 16.9 Å². The molecule has 3 aromatic rings. The third kappa shape index (κ3) is 4.50. The normalized spacial score (nSPS) is 17.0. The number of halogens is 1. The smallest absolute Gasteiger partial charge is 0.410 e. The molecular weight excluding hydrogens is 438 g/mol. The molecule has 29 heavy (non-hydrogen) atoms. The Morgan fingerprint density at radius 2 is 2.03 bits per heavy atom. The number of ether oxygens (including phenoxy) is 2. The molecule has 0 spiro atoms. The molecule has 0 N–H and O–H groups in total. The third-order valence-electron chi connectivity index (χ3n) is 4.44. The number of carbonyl (C=O) groups is 1. The molecule has 0 aliphatic carbocycles. The van der Waals surface area contributed by atoms with Gasteiger partial charge in [0.05, 0.1) is 29.1 Å². The Bertz CT molecular complexity index is 1030. The number of hydrogen-bond donors (Lipinski definition) is 0. The molecule has 4 heterocycles. The first-order chi connectivity index (χ1) is 13.8. The van der Waals surface area contributed by atoms with Crippen molar-refractivity contribution in [3.05, 3.63) is 41.4 Å². The minimum absolute atomic E-state index is 0.0744. The lowest BCUT2D eigenvalue weighted by atomic mass is 10.2. The maximum Gasteiger partial charge on any atom is 0.410 e. The van der Waals surface area contributed by atoms with Crippen molar-refractivity contribution >= 4 is 27.7 Å². The van der Waals surface area contributed by atoms with Gasteiger partial charge in [-0.2, -0.15) is 5.10 Å². The van der Waals surface area contributed by atoms with Gasteiger partial charge in [0.1, 0.15) is 17.5 Å². The average Bonchev–Trinajstić information content (AvgIpc) is 3.28. The van der Waals surface area contributed by atoms with Gasteiger partial charge >= 0.3 is 6.09 Å². The van der Waals surface area contributed by atoms with Crippen LogP contribution in [0.5, 0.6) is 5.75 Å². The number of likely N-dealkylation sites (tertiary alicyclic amines) is 1. The summed E-state index contributed by atoms with van der Waals surface area (Å²) in [5.74, 6) is 0.667. The fourth-order valence-corrected chi connectivity index (χ4v) is 3.48. The third-order valence-corrected chi connectivity index (χ3v) is 5.00. The maximum absolute atomic E-state index is 12.2. The summed E-state index contributed by atoms with van der Waals surface area (Å²) in [6, 6.07) is 3.76. The van der Waals surface area contributed by atoms with E-state index in [-0.39, 0.29) is 12.2 Å². The summed E-state index contributed by atoms with van der Waals surface area (Å²) < 4.78 is 14.0. The molecule has 9 heteroatoms. The summed E-state index contributed by atoms with van der Waals surface area (Å²) in [4.78, 5) is 22.7. The molecule has 0 saturated carbocycles. The number of aromatic nitrogens is 4. The molecular formula is C20H22BrN5O3. The lowest BCUT2D eigenvalue weighted by Gasteiger charge is -2.24. The van der Waals surface area contributed by atoms with Crippen LogP contribution in [-0.2, 0) is 4.74 Å². The molecule has 8 nitrogen and oxygen atoms in total. The monoisotopic (exact) mass is 459 g/mol. The molecule has 1 fully saturated rings. The fraction of sp³-hybridized carbons (Fsp3) is 0.400. The van der Waals surface area contributed by atoms with Crippen molar-refractivity contribution in [1.29, 1.82) is 0 Å². The summed E-state index contributed by atoms with van der Waals surface area (Å²) in [7, 11) is 0. The second-order valence-electron chi connectivity index (χ2n) is 7.94. The number of nitrogens with zero attached hydrogens (tertiary/aromatic N) is 5. The second kappa shape index (κ2) is 7.62. The molecule has 1 saturated heterocycles. The largest absolute Gasteiger partial charge is 0.487 e. The zero-order valence-electron chi connectivity index (χ0n) is 16.5. The first-order valence-electron chi connectivity index (χ1n) is 9.38.